The van der Waals surface area contributed by atoms with E-state index in [2.05, 4.69) is 0 Å². The van der Waals surface area contributed by atoms with Gasteiger partial charge >= 0.3 is 5.97 Å². The second-order valence-corrected chi connectivity index (χ2v) is 2.94. The zero-order valence-electron chi connectivity index (χ0n) is 7.22. The molecule has 76 valence electrons. The van der Waals surface area contributed by atoms with Crippen LogP contribution in [0.4, 0.5) is 0 Å². The number of carboxylic acids is 1. The molecule has 0 unspecified atom stereocenters. The number of likely N-dealkylation sites (tertiary alicyclic amines) is 1. The van der Waals surface area contributed by atoms with E-state index in [9.17, 15) is 4.79 Å². The molecule has 1 aliphatic heterocycles. The number of halogens is 1. The summed E-state index contributed by atoms with van der Waals surface area (Å²) < 4.78 is 0. The van der Waals surface area contributed by atoms with Gasteiger partial charge in [-0.2, -0.15) is 0 Å². The van der Waals surface area contributed by atoms with Crippen LogP contribution < -0.4 is 0 Å². The number of hydrogen-bond donors (Lipinski definition) is 2. The van der Waals surface area contributed by atoms with Crippen molar-refractivity contribution in [2.45, 2.75) is 12.5 Å². The van der Waals surface area contributed by atoms with Gasteiger partial charge in [-0.1, -0.05) is 6.08 Å². The Morgan fingerprint density at radius 1 is 1.62 bits per heavy atom. The molecule has 1 atom stereocenters. The van der Waals surface area contributed by atoms with Gasteiger partial charge in [0.25, 0.3) is 0 Å². The molecule has 0 bridgehead atoms. The highest BCUT2D eigenvalue weighted by atomic mass is 35.5. The Morgan fingerprint density at radius 2 is 2.31 bits per heavy atom. The van der Waals surface area contributed by atoms with Crippen LogP contribution in [0, 0.1) is 0 Å². The smallest absolute Gasteiger partial charge is 0.328 e. The summed E-state index contributed by atoms with van der Waals surface area (Å²) in [4.78, 5) is 12.1. The average Bonchev–Trinajstić information content (AvgIpc) is 2.35. The van der Waals surface area contributed by atoms with E-state index in [1.807, 2.05) is 4.90 Å². The number of carboxylic acid groups (broad SMARTS) is 1. The van der Waals surface area contributed by atoms with E-state index in [1.165, 1.54) is 0 Å². The first-order valence-electron chi connectivity index (χ1n) is 3.98. The fourth-order valence-corrected chi connectivity index (χ4v) is 1.28. The molecular weight excluding hydrogens is 194 g/mol. The van der Waals surface area contributed by atoms with E-state index in [4.69, 9.17) is 10.2 Å². The predicted molar refractivity (Wildman–Crippen MR) is 51.1 cm³/mol. The second kappa shape index (κ2) is 5.96. The van der Waals surface area contributed by atoms with E-state index in [1.54, 1.807) is 6.08 Å². The maximum absolute atomic E-state index is 10.1. The summed E-state index contributed by atoms with van der Waals surface area (Å²) in [5.74, 6) is -0.922. The molecule has 0 spiro atoms. The van der Waals surface area contributed by atoms with Crippen molar-refractivity contribution in [1.29, 1.82) is 0 Å². The van der Waals surface area contributed by atoms with E-state index in [-0.39, 0.29) is 18.5 Å². The molecule has 1 heterocycles. The van der Waals surface area contributed by atoms with Crippen LogP contribution in [0.15, 0.2) is 12.2 Å². The topological polar surface area (TPSA) is 60.8 Å². The minimum atomic E-state index is -0.922. The van der Waals surface area contributed by atoms with Crippen LogP contribution in [0.2, 0.25) is 0 Å². The van der Waals surface area contributed by atoms with Crippen molar-refractivity contribution in [2.75, 3.05) is 19.6 Å². The molecule has 5 heteroatoms. The Labute approximate surface area is 83.3 Å². The fourth-order valence-electron chi connectivity index (χ4n) is 1.28. The van der Waals surface area contributed by atoms with Gasteiger partial charge in [0.05, 0.1) is 6.10 Å². The largest absolute Gasteiger partial charge is 0.478 e. The lowest BCUT2D eigenvalue weighted by Crippen LogP contribution is -2.22. The third-order valence-electron chi connectivity index (χ3n) is 1.87. The highest BCUT2D eigenvalue weighted by Gasteiger charge is 2.18. The molecule has 13 heavy (non-hydrogen) atoms. The standard InChI is InChI=1S/C8H13NO3.ClH/c10-7-3-5-9(6-7)4-1-2-8(11)12;/h1-2,7,10H,3-6H2,(H,11,12);1H/b2-1+;/t7-;/m0./s1. The van der Waals surface area contributed by atoms with E-state index >= 15 is 0 Å². The Bertz CT molecular complexity index is 196. The van der Waals surface area contributed by atoms with Crippen LogP contribution in [-0.4, -0.2) is 46.8 Å². The number of rotatable bonds is 3. The number of hydrogen-bond acceptors (Lipinski definition) is 3. The quantitative estimate of drug-likeness (QED) is 0.646. The molecule has 1 saturated heterocycles. The Morgan fingerprint density at radius 3 is 2.77 bits per heavy atom. The number of carbonyl (C=O) groups is 1. The van der Waals surface area contributed by atoms with Gasteiger partial charge in [0.2, 0.25) is 0 Å². The monoisotopic (exact) mass is 207 g/mol. The molecule has 4 nitrogen and oxygen atoms in total. The summed E-state index contributed by atoms with van der Waals surface area (Å²) in [5, 5.41) is 17.4. The lowest BCUT2D eigenvalue weighted by Gasteiger charge is -2.10. The molecule has 0 saturated carbocycles. The maximum atomic E-state index is 10.1. The van der Waals surface area contributed by atoms with Gasteiger partial charge in [-0.3, -0.25) is 4.90 Å². The molecule has 0 amide bonds. The normalized spacial score (nSPS) is 23.3. The summed E-state index contributed by atoms with van der Waals surface area (Å²) in [5.41, 5.74) is 0. The van der Waals surface area contributed by atoms with E-state index in [0.717, 1.165) is 19.0 Å². The number of aliphatic hydroxyl groups excluding tert-OH is 1. The van der Waals surface area contributed by atoms with Gasteiger partial charge in [0, 0.05) is 25.7 Å². The van der Waals surface area contributed by atoms with Crippen molar-refractivity contribution in [3.05, 3.63) is 12.2 Å². The molecule has 1 fully saturated rings. The molecule has 0 aromatic carbocycles. The summed E-state index contributed by atoms with van der Waals surface area (Å²) >= 11 is 0. The van der Waals surface area contributed by atoms with Gasteiger partial charge in [-0.05, 0) is 6.42 Å². The zero-order chi connectivity index (χ0) is 8.97. The minimum absolute atomic E-state index is 0. The number of aliphatic hydroxyl groups is 1. The van der Waals surface area contributed by atoms with Gasteiger partial charge in [-0.15, -0.1) is 12.4 Å². The fraction of sp³-hybridized carbons (Fsp3) is 0.625. The highest BCUT2D eigenvalue weighted by Crippen LogP contribution is 2.07. The first-order chi connectivity index (χ1) is 5.68. The average molecular weight is 208 g/mol. The van der Waals surface area contributed by atoms with E-state index < -0.39 is 5.97 Å². The van der Waals surface area contributed by atoms with Crippen LogP contribution in [0.5, 0.6) is 0 Å². The maximum Gasteiger partial charge on any atom is 0.328 e. The number of β-amino-alcohol motifs (C(OH)–C–C–N with tert-alkyl or cyclic N) is 1. The molecule has 2 N–H and O–H groups in total. The van der Waals surface area contributed by atoms with Crippen molar-refractivity contribution in [2.24, 2.45) is 0 Å². The van der Waals surface area contributed by atoms with Gasteiger partial charge < -0.3 is 10.2 Å². The van der Waals surface area contributed by atoms with Crippen LogP contribution >= 0.6 is 12.4 Å². The third-order valence-corrected chi connectivity index (χ3v) is 1.87. The SMILES string of the molecule is Cl.O=C(O)/C=C/CN1CC[C@H](O)C1. The van der Waals surface area contributed by atoms with E-state index in [0.29, 0.717) is 13.1 Å². The van der Waals surface area contributed by atoms with Crippen molar-refractivity contribution in [1.82, 2.24) is 4.90 Å². The molecule has 0 aromatic rings. The first kappa shape index (κ1) is 12.4. The minimum Gasteiger partial charge on any atom is -0.478 e. The van der Waals surface area contributed by atoms with Crippen molar-refractivity contribution in [3.63, 3.8) is 0 Å². The molecule has 0 radical (unpaired) electrons. The molecule has 1 aliphatic rings. The van der Waals surface area contributed by atoms with Crippen LogP contribution in [0.25, 0.3) is 0 Å². The zero-order valence-corrected chi connectivity index (χ0v) is 8.04. The second-order valence-electron chi connectivity index (χ2n) is 2.94. The predicted octanol–water partition coefficient (Wildman–Crippen LogP) is 0.116. The van der Waals surface area contributed by atoms with Crippen molar-refractivity contribution >= 4 is 18.4 Å². The lowest BCUT2D eigenvalue weighted by atomic mass is 10.3. The molecule has 0 aromatic heterocycles. The highest BCUT2D eigenvalue weighted by molar-refractivity contribution is 5.85. The van der Waals surface area contributed by atoms with Crippen LogP contribution in [0.3, 0.4) is 0 Å². The Hall–Kier alpha value is -0.580. The van der Waals surface area contributed by atoms with Crippen molar-refractivity contribution < 1.29 is 15.0 Å². The third kappa shape index (κ3) is 4.87. The van der Waals surface area contributed by atoms with Crippen LogP contribution in [0.1, 0.15) is 6.42 Å². The summed E-state index contributed by atoms with van der Waals surface area (Å²) in [6.45, 7) is 2.12. The van der Waals surface area contributed by atoms with Crippen LogP contribution in [-0.2, 0) is 4.79 Å². The van der Waals surface area contributed by atoms with Gasteiger partial charge in [-0.25, -0.2) is 4.79 Å². The number of nitrogens with zero attached hydrogens (tertiary/aromatic N) is 1. The Kier molecular flexibility index (Phi) is 5.70. The summed E-state index contributed by atoms with van der Waals surface area (Å²) in [6, 6.07) is 0. The summed E-state index contributed by atoms with van der Waals surface area (Å²) in [6.07, 6.45) is 3.29. The van der Waals surface area contributed by atoms with Crippen molar-refractivity contribution in [3.8, 4) is 0 Å². The van der Waals surface area contributed by atoms with Gasteiger partial charge in [0.15, 0.2) is 0 Å². The molecular formula is C8H14ClNO3. The molecule has 0 aliphatic carbocycles. The summed E-state index contributed by atoms with van der Waals surface area (Å²) in [7, 11) is 0. The number of aliphatic carboxylic acids is 1. The van der Waals surface area contributed by atoms with Gasteiger partial charge in [0.1, 0.15) is 0 Å². The first-order valence-corrected chi connectivity index (χ1v) is 3.98. The lowest BCUT2D eigenvalue weighted by molar-refractivity contribution is -0.131. The Balaban J connectivity index is 0.00000144. The molecule has 1 rings (SSSR count).